The molecule has 0 saturated heterocycles. The van der Waals surface area contributed by atoms with Crippen molar-refractivity contribution in [1.82, 2.24) is 0 Å². The highest BCUT2D eigenvalue weighted by molar-refractivity contribution is 6.33. The van der Waals surface area contributed by atoms with Gasteiger partial charge in [0.05, 0.1) is 17.3 Å². The van der Waals surface area contributed by atoms with Gasteiger partial charge in [0.15, 0.2) is 0 Å². The van der Waals surface area contributed by atoms with Crippen LogP contribution in [-0.4, -0.2) is 6.61 Å². The van der Waals surface area contributed by atoms with Crippen LogP contribution in [0.3, 0.4) is 0 Å². The van der Waals surface area contributed by atoms with Crippen LogP contribution >= 0.6 is 11.6 Å². The average Bonchev–Trinajstić information content (AvgIpc) is 2.07. The van der Waals surface area contributed by atoms with Gasteiger partial charge in [-0.05, 0) is 18.1 Å². The summed E-state index contributed by atoms with van der Waals surface area (Å²) >= 11 is 5.82. The zero-order valence-corrected chi connectivity index (χ0v) is 8.64. The van der Waals surface area contributed by atoms with Gasteiger partial charge in [-0.25, -0.2) is 0 Å². The minimum Gasteiger partial charge on any atom is -0.491 e. The molecule has 0 saturated carbocycles. The van der Waals surface area contributed by atoms with Crippen molar-refractivity contribution in [3.8, 4) is 5.75 Å². The molecule has 1 aromatic carbocycles. The molecule has 0 amide bonds. The summed E-state index contributed by atoms with van der Waals surface area (Å²) in [6, 6.07) is 5.40. The fourth-order valence-electron chi connectivity index (χ4n) is 0.900. The highest BCUT2D eigenvalue weighted by Crippen LogP contribution is 2.28. The number of halogens is 1. The van der Waals surface area contributed by atoms with Gasteiger partial charge in [-0.2, -0.15) is 0 Å². The summed E-state index contributed by atoms with van der Waals surface area (Å²) in [5.74, 6) is 1.15. The SMILES string of the molecule is CC(C)COc1cccc(Cl)c1N. The molecule has 13 heavy (non-hydrogen) atoms. The van der Waals surface area contributed by atoms with E-state index < -0.39 is 0 Å². The van der Waals surface area contributed by atoms with Crippen molar-refractivity contribution in [2.45, 2.75) is 13.8 Å². The predicted octanol–water partition coefficient (Wildman–Crippen LogP) is 2.96. The first-order chi connectivity index (χ1) is 6.11. The Hall–Kier alpha value is -0.890. The number of ether oxygens (including phenoxy) is 1. The Kier molecular flexibility index (Phi) is 3.43. The third-order valence-electron chi connectivity index (χ3n) is 1.59. The Morgan fingerprint density at radius 1 is 1.46 bits per heavy atom. The summed E-state index contributed by atoms with van der Waals surface area (Å²) in [5.41, 5.74) is 6.23. The maximum absolute atomic E-state index is 5.82. The summed E-state index contributed by atoms with van der Waals surface area (Å²) in [5, 5.41) is 0.543. The van der Waals surface area contributed by atoms with Crippen LogP contribution in [0, 0.1) is 5.92 Å². The molecule has 3 heteroatoms. The molecule has 0 aliphatic rings. The molecule has 0 spiro atoms. The van der Waals surface area contributed by atoms with Gasteiger partial charge in [-0.3, -0.25) is 0 Å². The Labute approximate surface area is 83.6 Å². The van der Waals surface area contributed by atoms with Gasteiger partial charge in [-0.1, -0.05) is 31.5 Å². The van der Waals surface area contributed by atoms with Gasteiger partial charge in [0.2, 0.25) is 0 Å². The summed E-state index contributed by atoms with van der Waals surface area (Å²) < 4.78 is 5.47. The van der Waals surface area contributed by atoms with Crippen molar-refractivity contribution in [3.63, 3.8) is 0 Å². The minimum atomic E-state index is 0.485. The number of hydrogen-bond donors (Lipinski definition) is 1. The number of para-hydroxylation sites is 1. The topological polar surface area (TPSA) is 35.2 Å². The van der Waals surface area contributed by atoms with Crippen LogP contribution in [0.1, 0.15) is 13.8 Å². The Morgan fingerprint density at radius 2 is 2.15 bits per heavy atom. The standard InChI is InChI=1S/C10H14ClNO/c1-7(2)6-13-9-5-3-4-8(11)10(9)12/h3-5,7H,6,12H2,1-2H3. The van der Waals surface area contributed by atoms with Crippen LogP contribution in [0.2, 0.25) is 5.02 Å². The highest BCUT2D eigenvalue weighted by atomic mass is 35.5. The summed E-state index contributed by atoms with van der Waals surface area (Å²) in [6.07, 6.45) is 0. The molecule has 2 nitrogen and oxygen atoms in total. The second-order valence-electron chi connectivity index (χ2n) is 3.36. The Bertz CT molecular complexity index is 286. The second kappa shape index (κ2) is 4.38. The molecular weight excluding hydrogens is 186 g/mol. The minimum absolute atomic E-state index is 0.485. The van der Waals surface area contributed by atoms with Gasteiger partial charge >= 0.3 is 0 Å². The predicted molar refractivity (Wildman–Crippen MR) is 56.2 cm³/mol. The Morgan fingerprint density at radius 3 is 2.77 bits per heavy atom. The number of nitrogens with two attached hydrogens (primary N) is 1. The van der Waals surface area contributed by atoms with Crippen molar-refractivity contribution in [2.75, 3.05) is 12.3 Å². The van der Waals surface area contributed by atoms with Crippen molar-refractivity contribution in [3.05, 3.63) is 23.2 Å². The largest absolute Gasteiger partial charge is 0.491 e. The van der Waals surface area contributed by atoms with Gasteiger partial charge in [0.1, 0.15) is 5.75 Å². The van der Waals surface area contributed by atoms with E-state index in [0.717, 1.165) is 0 Å². The lowest BCUT2D eigenvalue weighted by Crippen LogP contribution is -2.06. The molecule has 0 atom stereocenters. The number of rotatable bonds is 3. The maximum Gasteiger partial charge on any atom is 0.143 e. The van der Waals surface area contributed by atoms with Crippen molar-refractivity contribution < 1.29 is 4.74 Å². The first-order valence-electron chi connectivity index (χ1n) is 4.28. The monoisotopic (exact) mass is 199 g/mol. The zero-order valence-electron chi connectivity index (χ0n) is 7.88. The van der Waals surface area contributed by atoms with Crippen molar-refractivity contribution >= 4 is 17.3 Å². The van der Waals surface area contributed by atoms with Crippen LogP contribution in [-0.2, 0) is 0 Å². The van der Waals surface area contributed by atoms with Crippen LogP contribution < -0.4 is 10.5 Å². The number of hydrogen-bond acceptors (Lipinski definition) is 2. The van der Waals surface area contributed by atoms with Gasteiger partial charge in [0.25, 0.3) is 0 Å². The molecule has 1 rings (SSSR count). The fourth-order valence-corrected chi connectivity index (χ4v) is 1.07. The lowest BCUT2D eigenvalue weighted by molar-refractivity contribution is 0.272. The second-order valence-corrected chi connectivity index (χ2v) is 3.76. The van der Waals surface area contributed by atoms with E-state index in [4.69, 9.17) is 22.1 Å². The lowest BCUT2D eigenvalue weighted by atomic mass is 10.2. The molecule has 0 heterocycles. The first-order valence-corrected chi connectivity index (χ1v) is 4.66. The number of benzene rings is 1. The van der Waals surface area contributed by atoms with E-state index >= 15 is 0 Å². The molecule has 2 N–H and O–H groups in total. The highest BCUT2D eigenvalue weighted by Gasteiger charge is 2.04. The van der Waals surface area contributed by atoms with Crippen molar-refractivity contribution in [2.24, 2.45) is 5.92 Å². The summed E-state index contributed by atoms with van der Waals surface area (Å²) in [6.45, 7) is 4.83. The molecule has 0 radical (unpaired) electrons. The molecular formula is C10H14ClNO. The molecule has 0 unspecified atom stereocenters. The number of anilines is 1. The van der Waals surface area contributed by atoms with E-state index in [1.54, 1.807) is 6.07 Å². The van der Waals surface area contributed by atoms with E-state index in [9.17, 15) is 0 Å². The van der Waals surface area contributed by atoms with Gasteiger partial charge in [0, 0.05) is 0 Å². The van der Waals surface area contributed by atoms with E-state index in [2.05, 4.69) is 13.8 Å². The molecule has 0 aliphatic carbocycles. The molecule has 0 aliphatic heterocycles. The number of nitrogen functional groups attached to an aromatic ring is 1. The summed E-state index contributed by atoms with van der Waals surface area (Å²) in [4.78, 5) is 0. The lowest BCUT2D eigenvalue weighted by Gasteiger charge is -2.11. The van der Waals surface area contributed by atoms with Crippen LogP contribution in [0.5, 0.6) is 5.75 Å². The molecule has 0 fully saturated rings. The van der Waals surface area contributed by atoms with Gasteiger partial charge < -0.3 is 10.5 Å². The quantitative estimate of drug-likeness (QED) is 0.760. The maximum atomic E-state index is 5.82. The van der Waals surface area contributed by atoms with Gasteiger partial charge in [-0.15, -0.1) is 0 Å². The van der Waals surface area contributed by atoms with E-state index in [1.807, 2.05) is 12.1 Å². The smallest absolute Gasteiger partial charge is 0.143 e. The van der Waals surface area contributed by atoms with E-state index in [0.29, 0.717) is 29.0 Å². The average molecular weight is 200 g/mol. The first kappa shape index (κ1) is 10.2. The molecule has 0 bridgehead atoms. The molecule has 1 aromatic rings. The summed E-state index contributed by atoms with van der Waals surface area (Å²) in [7, 11) is 0. The van der Waals surface area contributed by atoms with E-state index in [-0.39, 0.29) is 0 Å². The Balaban J connectivity index is 2.71. The fraction of sp³-hybridized carbons (Fsp3) is 0.400. The van der Waals surface area contributed by atoms with Crippen molar-refractivity contribution in [1.29, 1.82) is 0 Å². The van der Waals surface area contributed by atoms with Crippen LogP contribution in [0.4, 0.5) is 5.69 Å². The molecule has 0 aromatic heterocycles. The van der Waals surface area contributed by atoms with E-state index in [1.165, 1.54) is 0 Å². The normalized spacial score (nSPS) is 10.5. The zero-order chi connectivity index (χ0) is 9.84. The third-order valence-corrected chi connectivity index (χ3v) is 1.91. The van der Waals surface area contributed by atoms with Crippen LogP contribution in [0.25, 0.3) is 0 Å². The third kappa shape index (κ3) is 2.81. The van der Waals surface area contributed by atoms with Crippen LogP contribution in [0.15, 0.2) is 18.2 Å². The molecule has 72 valence electrons.